The average Bonchev–Trinajstić information content (AvgIpc) is 2.65. The van der Waals surface area contributed by atoms with Gasteiger partial charge in [-0.1, -0.05) is 12.1 Å². The van der Waals surface area contributed by atoms with Gasteiger partial charge in [-0.3, -0.25) is 0 Å². The van der Waals surface area contributed by atoms with E-state index in [0.29, 0.717) is 11.8 Å². The maximum atomic E-state index is 5.35. The van der Waals surface area contributed by atoms with Crippen LogP contribution in [0.15, 0.2) is 28.7 Å². The summed E-state index contributed by atoms with van der Waals surface area (Å²) in [6, 6.07) is 7.81. The van der Waals surface area contributed by atoms with Gasteiger partial charge in [-0.15, -0.1) is 10.2 Å². The molecular weight excluding hydrogens is 178 g/mol. The van der Waals surface area contributed by atoms with Crippen molar-refractivity contribution >= 4 is 5.69 Å². The lowest BCUT2D eigenvalue weighted by Crippen LogP contribution is -1.91. The van der Waals surface area contributed by atoms with Crippen molar-refractivity contribution < 1.29 is 4.42 Å². The predicted molar refractivity (Wildman–Crippen MR) is 54.0 cm³/mol. The van der Waals surface area contributed by atoms with Crippen molar-refractivity contribution in [3.05, 3.63) is 30.2 Å². The van der Waals surface area contributed by atoms with E-state index >= 15 is 0 Å². The van der Waals surface area contributed by atoms with Crippen LogP contribution in [0.3, 0.4) is 0 Å². The van der Waals surface area contributed by atoms with Crippen molar-refractivity contribution in [2.24, 2.45) is 0 Å². The van der Waals surface area contributed by atoms with Gasteiger partial charge in [-0.05, 0) is 12.1 Å². The number of nitrogens with one attached hydrogen (secondary N) is 1. The molecule has 0 saturated carbocycles. The van der Waals surface area contributed by atoms with Gasteiger partial charge in [0.25, 0.3) is 0 Å². The Morgan fingerprint density at radius 3 is 2.64 bits per heavy atom. The van der Waals surface area contributed by atoms with Crippen LogP contribution in [0.5, 0.6) is 0 Å². The molecule has 1 N–H and O–H groups in total. The number of anilines is 1. The van der Waals surface area contributed by atoms with E-state index in [4.69, 9.17) is 4.42 Å². The third-order valence-corrected chi connectivity index (χ3v) is 1.95. The van der Waals surface area contributed by atoms with E-state index in [0.717, 1.165) is 11.3 Å². The van der Waals surface area contributed by atoms with Crippen LogP contribution >= 0.6 is 0 Å². The molecule has 0 bridgehead atoms. The molecule has 1 aromatic heterocycles. The molecular formula is C10H11N3O. The monoisotopic (exact) mass is 189 g/mol. The van der Waals surface area contributed by atoms with Crippen molar-refractivity contribution in [2.75, 3.05) is 12.4 Å². The molecule has 72 valence electrons. The van der Waals surface area contributed by atoms with Crippen LogP contribution < -0.4 is 5.32 Å². The van der Waals surface area contributed by atoms with Gasteiger partial charge in [-0.2, -0.15) is 0 Å². The molecule has 0 atom stereocenters. The predicted octanol–water partition coefficient (Wildman–Crippen LogP) is 2.09. The van der Waals surface area contributed by atoms with Gasteiger partial charge in [0.05, 0.1) is 5.56 Å². The molecule has 2 aromatic rings. The second-order valence-corrected chi connectivity index (χ2v) is 2.92. The molecule has 0 aliphatic carbocycles. The zero-order chi connectivity index (χ0) is 9.97. The van der Waals surface area contributed by atoms with Crippen LogP contribution in [0.25, 0.3) is 11.5 Å². The average molecular weight is 189 g/mol. The van der Waals surface area contributed by atoms with Crippen molar-refractivity contribution in [1.82, 2.24) is 10.2 Å². The Morgan fingerprint density at radius 1 is 1.21 bits per heavy atom. The van der Waals surface area contributed by atoms with E-state index in [1.165, 1.54) is 0 Å². The van der Waals surface area contributed by atoms with Crippen molar-refractivity contribution in [3.8, 4) is 11.5 Å². The van der Waals surface area contributed by atoms with Gasteiger partial charge in [0.1, 0.15) is 0 Å². The quantitative estimate of drug-likeness (QED) is 0.785. The molecule has 0 amide bonds. The Morgan fingerprint density at radius 2 is 2.00 bits per heavy atom. The summed E-state index contributed by atoms with van der Waals surface area (Å²) in [6.07, 6.45) is 0. The highest BCUT2D eigenvalue weighted by Crippen LogP contribution is 2.25. The Balaban J connectivity index is 2.50. The molecule has 2 rings (SSSR count). The first-order valence-corrected chi connectivity index (χ1v) is 4.38. The van der Waals surface area contributed by atoms with Crippen LogP contribution in [0, 0.1) is 6.92 Å². The summed E-state index contributed by atoms with van der Waals surface area (Å²) in [4.78, 5) is 0. The lowest BCUT2D eigenvalue weighted by Gasteiger charge is -2.03. The molecule has 0 unspecified atom stereocenters. The third kappa shape index (κ3) is 1.46. The number of aromatic nitrogens is 2. The topological polar surface area (TPSA) is 51.0 Å². The molecule has 0 aliphatic rings. The van der Waals surface area contributed by atoms with Crippen molar-refractivity contribution in [2.45, 2.75) is 6.92 Å². The van der Waals surface area contributed by atoms with Gasteiger partial charge in [0.2, 0.25) is 11.8 Å². The highest BCUT2D eigenvalue weighted by atomic mass is 16.4. The molecule has 0 radical (unpaired) electrons. The smallest absolute Gasteiger partial charge is 0.249 e. The van der Waals surface area contributed by atoms with E-state index in [2.05, 4.69) is 15.5 Å². The first kappa shape index (κ1) is 8.74. The summed E-state index contributed by atoms with van der Waals surface area (Å²) in [7, 11) is 1.86. The van der Waals surface area contributed by atoms with Gasteiger partial charge in [0.15, 0.2) is 0 Å². The van der Waals surface area contributed by atoms with E-state index in [1.54, 1.807) is 6.92 Å². The number of para-hydroxylation sites is 1. The first-order valence-electron chi connectivity index (χ1n) is 4.38. The molecule has 14 heavy (non-hydrogen) atoms. The normalized spacial score (nSPS) is 10.1. The van der Waals surface area contributed by atoms with Crippen molar-refractivity contribution in [1.29, 1.82) is 0 Å². The summed E-state index contributed by atoms with van der Waals surface area (Å²) in [6.45, 7) is 1.78. The second-order valence-electron chi connectivity index (χ2n) is 2.92. The minimum atomic E-state index is 0.549. The summed E-state index contributed by atoms with van der Waals surface area (Å²) >= 11 is 0. The standard InChI is InChI=1S/C10H11N3O/c1-7-12-13-10(14-7)8-5-3-4-6-9(8)11-2/h3-6,11H,1-2H3. The summed E-state index contributed by atoms with van der Waals surface area (Å²) in [5.74, 6) is 1.12. The van der Waals surface area contributed by atoms with Crippen LogP contribution in [-0.4, -0.2) is 17.2 Å². The van der Waals surface area contributed by atoms with Gasteiger partial charge in [-0.25, -0.2) is 0 Å². The fourth-order valence-corrected chi connectivity index (χ4v) is 1.29. The number of rotatable bonds is 2. The van der Waals surface area contributed by atoms with Crippen LogP contribution in [0.1, 0.15) is 5.89 Å². The van der Waals surface area contributed by atoms with Crippen molar-refractivity contribution in [3.63, 3.8) is 0 Å². The Labute approximate surface area is 82.0 Å². The number of hydrogen-bond donors (Lipinski definition) is 1. The Bertz CT molecular complexity index is 436. The maximum Gasteiger partial charge on any atom is 0.249 e. The second kappa shape index (κ2) is 3.49. The molecule has 4 nitrogen and oxygen atoms in total. The fourth-order valence-electron chi connectivity index (χ4n) is 1.29. The van der Waals surface area contributed by atoms with E-state index < -0.39 is 0 Å². The molecule has 0 aliphatic heterocycles. The van der Waals surface area contributed by atoms with Crippen LogP contribution in [0.4, 0.5) is 5.69 Å². The summed E-state index contributed by atoms with van der Waals surface area (Å²) in [5, 5.41) is 10.8. The third-order valence-electron chi connectivity index (χ3n) is 1.95. The Kier molecular flexibility index (Phi) is 2.18. The van der Waals surface area contributed by atoms with Crippen LogP contribution in [-0.2, 0) is 0 Å². The highest BCUT2D eigenvalue weighted by Gasteiger charge is 2.08. The SMILES string of the molecule is CNc1ccccc1-c1nnc(C)o1. The van der Waals surface area contributed by atoms with Crippen LogP contribution in [0.2, 0.25) is 0 Å². The van der Waals surface area contributed by atoms with E-state index in [1.807, 2.05) is 31.3 Å². The van der Waals surface area contributed by atoms with Gasteiger partial charge in [0, 0.05) is 19.7 Å². The molecule has 1 aromatic carbocycles. The Hall–Kier alpha value is -1.84. The van der Waals surface area contributed by atoms with E-state index in [-0.39, 0.29) is 0 Å². The number of hydrogen-bond acceptors (Lipinski definition) is 4. The van der Waals surface area contributed by atoms with Gasteiger partial charge < -0.3 is 9.73 Å². The zero-order valence-corrected chi connectivity index (χ0v) is 8.11. The highest BCUT2D eigenvalue weighted by molar-refractivity contribution is 5.71. The maximum absolute atomic E-state index is 5.35. The molecule has 4 heteroatoms. The van der Waals surface area contributed by atoms with Gasteiger partial charge >= 0.3 is 0 Å². The zero-order valence-electron chi connectivity index (χ0n) is 8.11. The number of aryl methyl sites for hydroxylation is 1. The first-order chi connectivity index (χ1) is 6.81. The van der Waals surface area contributed by atoms with E-state index in [9.17, 15) is 0 Å². The minimum absolute atomic E-state index is 0.549. The fraction of sp³-hybridized carbons (Fsp3) is 0.200. The largest absolute Gasteiger partial charge is 0.421 e. The summed E-state index contributed by atoms with van der Waals surface area (Å²) < 4.78 is 5.35. The molecule has 0 spiro atoms. The number of benzene rings is 1. The minimum Gasteiger partial charge on any atom is -0.421 e. The lowest BCUT2D eigenvalue weighted by atomic mass is 10.2. The molecule has 0 fully saturated rings. The number of nitrogens with zero attached hydrogens (tertiary/aromatic N) is 2. The lowest BCUT2D eigenvalue weighted by molar-refractivity contribution is 0.533. The molecule has 0 saturated heterocycles. The molecule has 1 heterocycles. The summed E-state index contributed by atoms with van der Waals surface area (Å²) in [5.41, 5.74) is 1.91.